The number of carbonyl (C=O) groups excluding carboxylic acids is 1. The van der Waals surface area contributed by atoms with E-state index in [9.17, 15) is 9.18 Å². The van der Waals surface area contributed by atoms with Crippen molar-refractivity contribution in [1.29, 1.82) is 0 Å². The molecule has 0 aromatic heterocycles. The molecule has 1 atom stereocenters. The number of hydrogen-bond donors (Lipinski definition) is 3. The maximum Gasteiger partial charge on any atom is 0.319 e. The zero-order chi connectivity index (χ0) is 13.5. The van der Waals surface area contributed by atoms with Gasteiger partial charge in [-0.2, -0.15) is 0 Å². The molecule has 0 aliphatic heterocycles. The Kier molecular flexibility index (Phi) is 5.94. The monoisotopic (exact) mass is 272 g/mol. The van der Waals surface area contributed by atoms with Crippen LogP contribution in [0.4, 0.5) is 14.9 Å². The molecular weight excluding hydrogens is 255 g/mol. The van der Waals surface area contributed by atoms with Crippen LogP contribution in [0.1, 0.15) is 13.3 Å². The summed E-state index contributed by atoms with van der Waals surface area (Å²) in [6.07, 6.45) is 2.27. The molecule has 0 aliphatic carbocycles. The van der Waals surface area contributed by atoms with Gasteiger partial charge in [-0.05, 0) is 37.8 Å². The summed E-state index contributed by atoms with van der Waals surface area (Å²) < 4.78 is 13.5. The summed E-state index contributed by atoms with van der Waals surface area (Å²) in [5, 5.41) is 13.9. The molecule has 0 fully saturated rings. The number of rotatable bonds is 5. The van der Waals surface area contributed by atoms with Crippen LogP contribution in [0.5, 0.6) is 0 Å². The first kappa shape index (κ1) is 14.8. The Labute approximate surface area is 110 Å². The number of hydrogen-bond acceptors (Lipinski definition) is 3. The SMILES string of the molecule is CSc1ccc(NC(=O)N[C@H](C)CCO)cc1F. The highest BCUT2D eigenvalue weighted by Crippen LogP contribution is 2.22. The lowest BCUT2D eigenvalue weighted by atomic mass is 10.2. The first-order valence-corrected chi connectivity index (χ1v) is 6.81. The lowest BCUT2D eigenvalue weighted by Crippen LogP contribution is -2.36. The lowest BCUT2D eigenvalue weighted by molar-refractivity contribution is 0.241. The van der Waals surface area contributed by atoms with E-state index >= 15 is 0 Å². The summed E-state index contributed by atoms with van der Waals surface area (Å²) in [6.45, 7) is 1.80. The highest BCUT2D eigenvalue weighted by molar-refractivity contribution is 7.98. The van der Waals surface area contributed by atoms with E-state index in [1.807, 2.05) is 0 Å². The topological polar surface area (TPSA) is 61.4 Å². The van der Waals surface area contributed by atoms with E-state index in [0.717, 1.165) is 0 Å². The molecule has 0 unspecified atom stereocenters. The molecule has 1 aromatic rings. The molecule has 0 bridgehead atoms. The summed E-state index contributed by atoms with van der Waals surface area (Å²) in [5.74, 6) is -0.358. The van der Waals surface area contributed by atoms with Crippen LogP contribution in [-0.2, 0) is 0 Å². The van der Waals surface area contributed by atoms with Gasteiger partial charge in [-0.25, -0.2) is 9.18 Å². The summed E-state index contributed by atoms with van der Waals surface area (Å²) in [5.41, 5.74) is 0.402. The highest BCUT2D eigenvalue weighted by Gasteiger charge is 2.08. The van der Waals surface area contributed by atoms with Crippen LogP contribution in [0.2, 0.25) is 0 Å². The fraction of sp³-hybridized carbons (Fsp3) is 0.417. The Morgan fingerprint density at radius 1 is 1.56 bits per heavy atom. The van der Waals surface area contributed by atoms with E-state index in [2.05, 4.69) is 10.6 Å². The van der Waals surface area contributed by atoms with Crippen LogP contribution in [-0.4, -0.2) is 30.0 Å². The van der Waals surface area contributed by atoms with E-state index in [1.54, 1.807) is 25.3 Å². The minimum atomic E-state index is -0.410. The molecule has 18 heavy (non-hydrogen) atoms. The second-order valence-corrected chi connectivity index (χ2v) is 4.71. The zero-order valence-corrected chi connectivity index (χ0v) is 11.2. The van der Waals surface area contributed by atoms with Crippen molar-refractivity contribution in [3.05, 3.63) is 24.0 Å². The molecule has 0 heterocycles. The van der Waals surface area contributed by atoms with Crippen molar-refractivity contribution in [1.82, 2.24) is 5.32 Å². The second-order valence-electron chi connectivity index (χ2n) is 3.86. The van der Waals surface area contributed by atoms with Crippen LogP contribution >= 0.6 is 11.8 Å². The van der Waals surface area contributed by atoms with E-state index in [-0.39, 0.29) is 18.5 Å². The van der Waals surface area contributed by atoms with Crippen LogP contribution in [0.25, 0.3) is 0 Å². The minimum Gasteiger partial charge on any atom is -0.396 e. The number of benzene rings is 1. The van der Waals surface area contributed by atoms with Crippen molar-refractivity contribution < 1.29 is 14.3 Å². The second kappa shape index (κ2) is 7.23. The Balaban J connectivity index is 2.57. The first-order chi connectivity index (χ1) is 8.56. The predicted molar refractivity (Wildman–Crippen MR) is 71.5 cm³/mol. The fourth-order valence-electron chi connectivity index (χ4n) is 1.40. The molecule has 2 amide bonds. The summed E-state index contributed by atoms with van der Waals surface area (Å²) in [7, 11) is 0. The van der Waals surface area contributed by atoms with Gasteiger partial charge in [-0.3, -0.25) is 0 Å². The number of aliphatic hydroxyl groups is 1. The van der Waals surface area contributed by atoms with Crippen LogP contribution in [0.3, 0.4) is 0 Å². The third-order valence-corrected chi connectivity index (χ3v) is 3.12. The maximum absolute atomic E-state index is 13.5. The third kappa shape index (κ3) is 4.54. The van der Waals surface area contributed by atoms with Gasteiger partial charge in [0.05, 0.1) is 0 Å². The number of amides is 2. The van der Waals surface area contributed by atoms with Crippen molar-refractivity contribution in [3.63, 3.8) is 0 Å². The van der Waals surface area contributed by atoms with Gasteiger partial charge in [0.15, 0.2) is 0 Å². The van der Waals surface area contributed by atoms with Crippen molar-refractivity contribution in [2.45, 2.75) is 24.3 Å². The molecule has 0 saturated carbocycles. The molecule has 0 spiro atoms. The summed E-state index contributed by atoms with van der Waals surface area (Å²) >= 11 is 1.31. The quantitative estimate of drug-likeness (QED) is 0.721. The molecular formula is C12H17FN2O2S. The number of halogens is 1. The van der Waals surface area contributed by atoms with Crippen molar-refractivity contribution in [2.24, 2.45) is 0 Å². The molecule has 1 rings (SSSR count). The Hall–Kier alpha value is -1.27. The fourth-order valence-corrected chi connectivity index (χ4v) is 1.86. The van der Waals surface area contributed by atoms with Crippen molar-refractivity contribution in [2.75, 3.05) is 18.2 Å². The molecule has 3 N–H and O–H groups in total. The third-order valence-electron chi connectivity index (χ3n) is 2.35. The standard InChI is InChI=1S/C12H17FN2O2S/c1-8(5-6-16)14-12(17)15-9-3-4-11(18-2)10(13)7-9/h3-4,7-8,16H,5-6H2,1-2H3,(H2,14,15,17)/t8-/m1/s1. The maximum atomic E-state index is 13.5. The van der Waals surface area contributed by atoms with Gasteiger partial charge in [0, 0.05) is 23.2 Å². The van der Waals surface area contributed by atoms with Gasteiger partial charge >= 0.3 is 6.03 Å². The molecule has 0 saturated heterocycles. The molecule has 100 valence electrons. The van der Waals surface area contributed by atoms with Crippen molar-refractivity contribution in [3.8, 4) is 0 Å². The normalized spacial score (nSPS) is 12.0. The van der Waals surface area contributed by atoms with Crippen LogP contribution in [0, 0.1) is 5.82 Å². The summed E-state index contributed by atoms with van der Waals surface area (Å²) in [6, 6.07) is 4.00. The highest BCUT2D eigenvalue weighted by atomic mass is 32.2. The number of anilines is 1. The van der Waals surface area contributed by atoms with Gasteiger partial charge in [0.25, 0.3) is 0 Å². The Bertz CT molecular complexity index is 415. The van der Waals surface area contributed by atoms with Crippen molar-refractivity contribution >= 4 is 23.5 Å². The minimum absolute atomic E-state index is 0.0124. The first-order valence-electron chi connectivity index (χ1n) is 5.58. The van der Waals surface area contributed by atoms with Gasteiger partial charge in [-0.15, -0.1) is 11.8 Å². The molecule has 6 heteroatoms. The van der Waals surface area contributed by atoms with E-state index in [4.69, 9.17) is 5.11 Å². The van der Waals surface area contributed by atoms with E-state index < -0.39 is 6.03 Å². The Morgan fingerprint density at radius 3 is 2.83 bits per heavy atom. The average Bonchev–Trinajstić information content (AvgIpc) is 2.29. The number of urea groups is 1. The smallest absolute Gasteiger partial charge is 0.319 e. The van der Waals surface area contributed by atoms with Gasteiger partial charge < -0.3 is 15.7 Å². The van der Waals surface area contributed by atoms with E-state index in [0.29, 0.717) is 17.0 Å². The summed E-state index contributed by atoms with van der Waals surface area (Å²) in [4.78, 5) is 12.1. The van der Waals surface area contributed by atoms with Gasteiger partial charge in [0.1, 0.15) is 5.82 Å². The van der Waals surface area contributed by atoms with Gasteiger partial charge in [0.2, 0.25) is 0 Å². The number of carbonyl (C=O) groups is 1. The molecule has 4 nitrogen and oxygen atoms in total. The number of nitrogens with one attached hydrogen (secondary N) is 2. The van der Waals surface area contributed by atoms with E-state index in [1.165, 1.54) is 17.8 Å². The molecule has 0 radical (unpaired) electrons. The largest absolute Gasteiger partial charge is 0.396 e. The van der Waals surface area contributed by atoms with Crippen LogP contribution < -0.4 is 10.6 Å². The predicted octanol–water partition coefficient (Wildman–Crippen LogP) is 2.44. The number of thioether (sulfide) groups is 1. The average molecular weight is 272 g/mol. The molecule has 1 aromatic carbocycles. The zero-order valence-electron chi connectivity index (χ0n) is 10.4. The number of aliphatic hydroxyl groups excluding tert-OH is 1. The lowest BCUT2D eigenvalue weighted by Gasteiger charge is -2.13. The Morgan fingerprint density at radius 2 is 2.28 bits per heavy atom. The molecule has 0 aliphatic rings. The van der Waals surface area contributed by atoms with Crippen LogP contribution in [0.15, 0.2) is 23.1 Å². The van der Waals surface area contributed by atoms with Gasteiger partial charge in [-0.1, -0.05) is 0 Å².